The highest BCUT2D eigenvalue weighted by Gasteiger charge is 2.21. The minimum atomic E-state index is -0.00101. The van der Waals surface area contributed by atoms with Crippen molar-refractivity contribution in [1.29, 1.82) is 0 Å². The zero-order valence-corrected chi connectivity index (χ0v) is 17.1. The predicted octanol–water partition coefficient (Wildman–Crippen LogP) is 3.48. The Labute approximate surface area is 172 Å². The van der Waals surface area contributed by atoms with Crippen LogP contribution in [0, 0.1) is 0 Å². The molecular formula is C23H30N4O2. The summed E-state index contributed by atoms with van der Waals surface area (Å²) in [5.74, 6) is 0.905. The molecule has 0 radical (unpaired) electrons. The van der Waals surface area contributed by atoms with Crippen LogP contribution in [0.4, 0.5) is 11.4 Å². The topological polar surface area (TPSA) is 57.7 Å². The molecule has 6 heteroatoms. The molecule has 1 saturated heterocycles. The monoisotopic (exact) mass is 394 g/mol. The van der Waals surface area contributed by atoms with Gasteiger partial charge in [-0.3, -0.25) is 9.78 Å². The molecule has 2 aromatic rings. The fourth-order valence-electron chi connectivity index (χ4n) is 4.34. The Kier molecular flexibility index (Phi) is 6.17. The Balaban J connectivity index is 1.38. The first-order valence-corrected chi connectivity index (χ1v) is 10.6. The quantitative estimate of drug-likeness (QED) is 0.841. The Bertz CT molecular complexity index is 827. The number of anilines is 2. The normalized spacial score (nSPS) is 17.8. The van der Waals surface area contributed by atoms with E-state index in [1.54, 1.807) is 13.3 Å². The van der Waals surface area contributed by atoms with Gasteiger partial charge in [-0.2, -0.15) is 0 Å². The summed E-state index contributed by atoms with van der Waals surface area (Å²) < 4.78 is 5.50. The van der Waals surface area contributed by atoms with Gasteiger partial charge in [0.1, 0.15) is 5.75 Å². The minimum absolute atomic E-state index is 0.00101. The van der Waals surface area contributed by atoms with Gasteiger partial charge in [-0.15, -0.1) is 0 Å². The van der Waals surface area contributed by atoms with E-state index in [0.717, 1.165) is 56.1 Å². The molecule has 1 aromatic heterocycles. The van der Waals surface area contributed by atoms with Gasteiger partial charge in [0, 0.05) is 38.4 Å². The number of benzene rings is 1. The molecule has 4 rings (SSSR count). The predicted molar refractivity (Wildman–Crippen MR) is 116 cm³/mol. The summed E-state index contributed by atoms with van der Waals surface area (Å²) in [4.78, 5) is 21.7. The lowest BCUT2D eigenvalue weighted by Gasteiger charge is -2.37. The van der Waals surface area contributed by atoms with E-state index >= 15 is 0 Å². The summed E-state index contributed by atoms with van der Waals surface area (Å²) in [5.41, 5.74) is 2.80. The maximum Gasteiger partial charge on any atom is 0.253 e. The molecule has 154 valence electrons. The van der Waals surface area contributed by atoms with E-state index in [1.807, 2.05) is 30.5 Å². The number of carbonyl (C=O) groups is 1. The molecule has 1 saturated carbocycles. The molecule has 0 unspecified atom stereocenters. The van der Waals surface area contributed by atoms with E-state index in [4.69, 9.17) is 4.74 Å². The highest BCUT2D eigenvalue weighted by Crippen LogP contribution is 2.29. The number of ether oxygens (including phenoxy) is 1. The van der Waals surface area contributed by atoms with E-state index in [2.05, 4.69) is 26.2 Å². The molecule has 0 bridgehead atoms. The first kappa shape index (κ1) is 19.6. The number of hydrogen-bond donors (Lipinski definition) is 1. The Morgan fingerprint density at radius 3 is 2.52 bits per heavy atom. The number of piperazine rings is 1. The van der Waals surface area contributed by atoms with E-state index in [9.17, 15) is 4.79 Å². The molecule has 2 fully saturated rings. The van der Waals surface area contributed by atoms with Crippen molar-refractivity contribution in [1.82, 2.24) is 10.3 Å². The molecule has 1 aliphatic carbocycles. The summed E-state index contributed by atoms with van der Waals surface area (Å²) in [6, 6.07) is 10.4. The van der Waals surface area contributed by atoms with Gasteiger partial charge in [-0.25, -0.2) is 0 Å². The molecule has 0 atom stereocenters. The van der Waals surface area contributed by atoms with Gasteiger partial charge in [0.2, 0.25) is 0 Å². The van der Waals surface area contributed by atoms with Crippen LogP contribution in [0.1, 0.15) is 42.5 Å². The highest BCUT2D eigenvalue weighted by molar-refractivity contribution is 5.95. The molecule has 6 nitrogen and oxygen atoms in total. The number of hydrogen-bond acceptors (Lipinski definition) is 5. The average Bonchev–Trinajstić information content (AvgIpc) is 2.80. The third kappa shape index (κ3) is 4.63. The second-order valence-corrected chi connectivity index (χ2v) is 7.89. The molecule has 29 heavy (non-hydrogen) atoms. The molecule has 0 spiro atoms. The average molecular weight is 395 g/mol. The van der Waals surface area contributed by atoms with Crippen molar-refractivity contribution in [2.24, 2.45) is 0 Å². The van der Waals surface area contributed by atoms with Crippen LogP contribution in [0.3, 0.4) is 0 Å². The maximum absolute atomic E-state index is 12.7. The van der Waals surface area contributed by atoms with Crippen molar-refractivity contribution in [3.8, 4) is 5.75 Å². The van der Waals surface area contributed by atoms with E-state index in [0.29, 0.717) is 11.6 Å². The lowest BCUT2D eigenvalue weighted by Crippen LogP contribution is -2.46. The number of carbonyl (C=O) groups excluding carboxylic acids is 1. The molecule has 1 aliphatic heterocycles. The van der Waals surface area contributed by atoms with Crippen LogP contribution < -0.4 is 19.9 Å². The van der Waals surface area contributed by atoms with Crippen LogP contribution in [0.25, 0.3) is 0 Å². The SMILES string of the molecule is COc1ccccc1N1CCN(c2cncc(C(=O)NC3CCCCC3)c2)CC1. The lowest BCUT2D eigenvalue weighted by molar-refractivity contribution is 0.0927. The van der Waals surface area contributed by atoms with Crippen LogP contribution in [0.5, 0.6) is 5.75 Å². The molecule has 1 N–H and O–H groups in total. The van der Waals surface area contributed by atoms with Crippen molar-refractivity contribution < 1.29 is 9.53 Å². The standard InChI is InChI=1S/C23H30N4O2/c1-29-22-10-6-5-9-21(22)27-13-11-26(12-14-27)20-15-18(16-24-17-20)23(28)25-19-7-3-2-4-8-19/h5-6,9-10,15-17,19H,2-4,7-8,11-14H2,1H3,(H,25,28). The van der Waals surface area contributed by atoms with Crippen LogP contribution in [-0.2, 0) is 0 Å². The molecule has 1 aromatic carbocycles. The molecular weight excluding hydrogens is 364 g/mol. The summed E-state index contributed by atoms with van der Waals surface area (Å²) >= 11 is 0. The zero-order valence-electron chi connectivity index (χ0n) is 17.1. The second kappa shape index (κ2) is 9.16. The summed E-state index contributed by atoms with van der Waals surface area (Å²) in [6.07, 6.45) is 9.40. The largest absolute Gasteiger partial charge is 0.495 e. The van der Waals surface area contributed by atoms with Crippen molar-refractivity contribution in [2.45, 2.75) is 38.1 Å². The number of nitrogens with zero attached hydrogens (tertiary/aromatic N) is 3. The fraction of sp³-hybridized carbons (Fsp3) is 0.478. The summed E-state index contributed by atoms with van der Waals surface area (Å²) in [5, 5.41) is 3.19. The van der Waals surface area contributed by atoms with Gasteiger partial charge in [0.25, 0.3) is 5.91 Å². The molecule has 2 heterocycles. The van der Waals surface area contributed by atoms with Crippen LogP contribution >= 0.6 is 0 Å². The highest BCUT2D eigenvalue weighted by atomic mass is 16.5. The van der Waals surface area contributed by atoms with Gasteiger partial charge >= 0.3 is 0 Å². The second-order valence-electron chi connectivity index (χ2n) is 7.89. The summed E-state index contributed by atoms with van der Waals surface area (Å²) in [6.45, 7) is 3.57. The maximum atomic E-state index is 12.7. The molecule has 2 aliphatic rings. The van der Waals surface area contributed by atoms with Crippen LogP contribution in [0.2, 0.25) is 0 Å². The van der Waals surface area contributed by atoms with E-state index < -0.39 is 0 Å². The Morgan fingerprint density at radius 2 is 1.76 bits per heavy atom. The van der Waals surface area contributed by atoms with Gasteiger partial charge < -0.3 is 19.9 Å². The number of methoxy groups -OCH3 is 1. The number of amides is 1. The number of pyridine rings is 1. The Hall–Kier alpha value is -2.76. The third-order valence-corrected chi connectivity index (χ3v) is 6.00. The summed E-state index contributed by atoms with van der Waals surface area (Å²) in [7, 11) is 1.71. The Morgan fingerprint density at radius 1 is 1.03 bits per heavy atom. The third-order valence-electron chi connectivity index (χ3n) is 6.00. The number of nitrogens with one attached hydrogen (secondary N) is 1. The van der Waals surface area contributed by atoms with Gasteiger partial charge in [-0.05, 0) is 31.0 Å². The van der Waals surface area contributed by atoms with Gasteiger partial charge in [0.15, 0.2) is 0 Å². The smallest absolute Gasteiger partial charge is 0.253 e. The number of rotatable bonds is 5. The van der Waals surface area contributed by atoms with Gasteiger partial charge in [-0.1, -0.05) is 31.4 Å². The van der Waals surface area contributed by atoms with E-state index in [1.165, 1.54) is 19.3 Å². The van der Waals surface area contributed by atoms with Crippen molar-refractivity contribution in [2.75, 3.05) is 43.1 Å². The van der Waals surface area contributed by atoms with Crippen molar-refractivity contribution >= 4 is 17.3 Å². The first-order chi connectivity index (χ1) is 14.2. The lowest BCUT2D eigenvalue weighted by atomic mass is 9.95. The minimum Gasteiger partial charge on any atom is -0.495 e. The first-order valence-electron chi connectivity index (χ1n) is 10.6. The van der Waals surface area contributed by atoms with Gasteiger partial charge in [0.05, 0.1) is 30.2 Å². The van der Waals surface area contributed by atoms with Crippen molar-refractivity contribution in [3.05, 3.63) is 48.3 Å². The van der Waals surface area contributed by atoms with Crippen LogP contribution in [-0.4, -0.2) is 50.2 Å². The zero-order chi connectivity index (χ0) is 20.1. The fourth-order valence-corrected chi connectivity index (χ4v) is 4.34. The van der Waals surface area contributed by atoms with Crippen molar-refractivity contribution in [3.63, 3.8) is 0 Å². The number of aromatic nitrogens is 1. The molecule has 1 amide bonds. The number of para-hydroxylation sites is 2. The van der Waals surface area contributed by atoms with E-state index in [-0.39, 0.29) is 5.91 Å². The van der Waals surface area contributed by atoms with Crippen LogP contribution in [0.15, 0.2) is 42.7 Å².